The molecule has 0 aliphatic heterocycles. The summed E-state index contributed by atoms with van der Waals surface area (Å²) in [5, 5.41) is 19.0. The van der Waals surface area contributed by atoms with Gasteiger partial charge in [0.05, 0.1) is 23.3 Å². The second-order valence-electron chi connectivity index (χ2n) is 6.16. The van der Waals surface area contributed by atoms with Gasteiger partial charge >= 0.3 is 0 Å². The predicted octanol–water partition coefficient (Wildman–Crippen LogP) is 2.81. The number of ether oxygens (including phenoxy) is 1. The van der Waals surface area contributed by atoms with E-state index in [-0.39, 0.29) is 16.7 Å². The van der Waals surface area contributed by atoms with Crippen LogP contribution in [0.25, 0.3) is 0 Å². The van der Waals surface area contributed by atoms with Crippen LogP contribution in [0.15, 0.2) is 18.2 Å². The van der Waals surface area contributed by atoms with Crippen LogP contribution >= 0.6 is 0 Å². The van der Waals surface area contributed by atoms with E-state index in [0.717, 1.165) is 42.0 Å². The van der Waals surface area contributed by atoms with Crippen LogP contribution < -0.4 is 10.1 Å². The van der Waals surface area contributed by atoms with E-state index in [9.17, 15) is 10.1 Å². The lowest BCUT2D eigenvalue weighted by Crippen LogP contribution is -2.25. The molecule has 1 aliphatic carbocycles. The Morgan fingerprint density at radius 2 is 2.29 bits per heavy atom. The average molecular weight is 330 g/mol. The topological polar surface area (TPSA) is 82.2 Å². The summed E-state index contributed by atoms with van der Waals surface area (Å²) in [6.45, 7) is 2.58. The molecular formula is C17H22N4O3. The fraction of sp³-hybridized carbons (Fsp3) is 0.471. The number of fused-ring (bicyclic) bond motifs is 1. The maximum Gasteiger partial charge on any atom is 0.269 e. The molecule has 0 radical (unpaired) electrons. The molecule has 0 bridgehead atoms. The molecule has 1 aliphatic rings. The van der Waals surface area contributed by atoms with Gasteiger partial charge in [0.25, 0.3) is 5.69 Å². The highest BCUT2D eigenvalue weighted by atomic mass is 16.6. The van der Waals surface area contributed by atoms with Crippen LogP contribution in [0.5, 0.6) is 5.88 Å². The van der Waals surface area contributed by atoms with Crippen LogP contribution in [0.2, 0.25) is 0 Å². The number of nitro benzene ring substituents is 1. The van der Waals surface area contributed by atoms with E-state index in [4.69, 9.17) is 4.74 Å². The van der Waals surface area contributed by atoms with Gasteiger partial charge in [0.1, 0.15) is 0 Å². The molecule has 1 heterocycles. The van der Waals surface area contributed by atoms with Crippen molar-refractivity contribution in [1.82, 2.24) is 15.1 Å². The second kappa shape index (κ2) is 6.60. The van der Waals surface area contributed by atoms with E-state index >= 15 is 0 Å². The summed E-state index contributed by atoms with van der Waals surface area (Å²) in [6, 6.07) is 5.30. The molecule has 1 N–H and O–H groups in total. The second-order valence-corrected chi connectivity index (χ2v) is 6.16. The summed E-state index contributed by atoms with van der Waals surface area (Å²) >= 11 is 0. The molecule has 1 aromatic carbocycles. The quantitative estimate of drug-likeness (QED) is 0.673. The first kappa shape index (κ1) is 16.4. The zero-order valence-electron chi connectivity index (χ0n) is 14.2. The largest absolute Gasteiger partial charge is 0.481 e. The summed E-state index contributed by atoms with van der Waals surface area (Å²) in [4.78, 5) is 10.7. The van der Waals surface area contributed by atoms with E-state index < -0.39 is 0 Å². The highest BCUT2D eigenvalue weighted by Gasteiger charge is 2.23. The number of nitrogens with zero attached hydrogens (tertiary/aromatic N) is 3. The van der Waals surface area contributed by atoms with Gasteiger partial charge < -0.3 is 10.1 Å². The normalized spacial score (nSPS) is 16.7. The van der Waals surface area contributed by atoms with Crippen LogP contribution in [-0.4, -0.2) is 21.8 Å². The molecular weight excluding hydrogens is 308 g/mol. The molecule has 1 unspecified atom stereocenters. The van der Waals surface area contributed by atoms with Gasteiger partial charge in [-0.3, -0.25) is 10.1 Å². The van der Waals surface area contributed by atoms with Gasteiger partial charge in [0.2, 0.25) is 5.88 Å². The first-order valence-corrected chi connectivity index (χ1v) is 8.08. The van der Waals surface area contributed by atoms with Crippen molar-refractivity contribution in [1.29, 1.82) is 0 Å². The third-order valence-electron chi connectivity index (χ3n) is 4.66. The molecule has 0 saturated heterocycles. The highest BCUT2D eigenvalue weighted by molar-refractivity contribution is 5.43. The van der Waals surface area contributed by atoms with E-state index in [1.165, 1.54) is 5.56 Å². The lowest BCUT2D eigenvalue weighted by Gasteiger charge is -2.26. The van der Waals surface area contributed by atoms with Crippen molar-refractivity contribution in [2.45, 2.75) is 38.8 Å². The van der Waals surface area contributed by atoms with E-state index in [1.807, 2.05) is 20.0 Å². The Morgan fingerprint density at radius 1 is 1.50 bits per heavy atom. The molecule has 128 valence electrons. The Kier molecular flexibility index (Phi) is 4.53. The first-order chi connectivity index (χ1) is 11.5. The van der Waals surface area contributed by atoms with Crippen molar-refractivity contribution in [3.8, 4) is 5.88 Å². The number of hydrogen-bond donors (Lipinski definition) is 1. The van der Waals surface area contributed by atoms with Crippen molar-refractivity contribution in [2.75, 3.05) is 7.11 Å². The standard InChI is InChI=1S/C17H22N4O3/c1-11-15(17(24-3)20(2)19-11)10-18-16-6-4-5-12-7-8-13(21(22)23)9-14(12)16/h7-9,16,18H,4-6,10H2,1-3H3. The van der Waals surface area contributed by atoms with Gasteiger partial charge in [0.15, 0.2) is 0 Å². The minimum absolute atomic E-state index is 0.109. The fourth-order valence-electron chi connectivity index (χ4n) is 3.48. The molecule has 3 rings (SSSR count). The molecule has 0 fully saturated rings. The summed E-state index contributed by atoms with van der Waals surface area (Å²) in [5.74, 6) is 0.745. The fourth-order valence-corrected chi connectivity index (χ4v) is 3.48. The number of hydrogen-bond acceptors (Lipinski definition) is 5. The number of methoxy groups -OCH3 is 1. The Balaban J connectivity index is 1.83. The maximum atomic E-state index is 11.1. The molecule has 1 atom stereocenters. The number of benzene rings is 1. The van der Waals surface area contributed by atoms with Crippen LogP contribution in [0, 0.1) is 17.0 Å². The summed E-state index contributed by atoms with van der Waals surface area (Å²) in [6.07, 6.45) is 3.02. The van der Waals surface area contributed by atoms with Crippen LogP contribution in [0.4, 0.5) is 5.69 Å². The molecule has 0 saturated carbocycles. The Bertz CT molecular complexity index is 769. The number of aromatic nitrogens is 2. The van der Waals surface area contributed by atoms with Crippen molar-refractivity contribution >= 4 is 5.69 Å². The van der Waals surface area contributed by atoms with E-state index in [1.54, 1.807) is 23.9 Å². The summed E-state index contributed by atoms with van der Waals surface area (Å²) in [5.41, 5.74) is 4.34. The van der Waals surface area contributed by atoms with Gasteiger partial charge in [-0.25, -0.2) is 4.68 Å². The zero-order chi connectivity index (χ0) is 17.3. The van der Waals surface area contributed by atoms with Crippen molar-refractivity contribution in [3.63, 3.8) is 0 Å². The average Bonchev–Trinajstić information content (AvgIpc) is 2.85. The number of rotatable bonds is 5. The van der Waals surface area contributed by atoms with Crippen molar-refractivity contribution in [3.05, 3.63) is 50.7 Å². The highest BCUT2D eigenvalue weighted by Crippen LogP contribution is 2.33. The molecule has 7 nitrogen and oxygen atoms in total. The monoisotopic (exact) mass is 330 g/mol. The lowest BCUT2D eigenvalue weighted by molar-refractivity contribution is -0.385. The molecule has 24 heavy (non-hydrogen) atoms. The van der Waals surface area contributed by atoms with Crippen molar-refractivity contribution < 1.29 is 9.66 Å². The van der Waals surface area contributed by atoms with E-state index in [2.05, 4.69) is 10.4 Å². The third-order valence-corrected chi connectivity index (χ3v) is 4.66. The SMILES string of the molecule is COc1c(CNC2CCCc3ccc([N+](=O)[O-])cc32)c(C)nn1C. The number of non-ortho nitro benzene ring substituents is 1. The molecule has 1 aromatic heterocycles. The smallest absolute Gasteiger partial charge is 0.269 e. The van der Waals surface area contributed by atoms with Crippen LogP contribution in [-0.2, 0) is 20.0 Å². The van der Waals surface area contributed by atoms with Gasteiger partial charge in [-0.2, -0.15) is 5.10 Å². The first-order valence-electron chi connectivity index (χ1n) is 8.08. The van der Waals surface area contributed by atoms with Crippen LogP contribution in [0.3, 0.4) is 0 Å². The Labute approximate surface area is 140 Å². The molecule has 2 aromatic rings. The van der Waals surface area contributed by atoms with Gasteiger partial charge in [-0.15, -0.1) is 0 Å². The zero-order valence-corrected chi connectivity index (χ0v) is 14.2. The van der Waals surface area contributed by atoms with Gasteiger partial charge in [0, 0.05) is 31.8 Å². The summed E-state index contributed by atoms with van der Waals surface area (Å²) < 4.78 is 7.16. The lowest BCUT2D eigenvalue weighted by atomic mass is 9.87. The number of aryl methyl sites for hydroxylation is 3. The third kappa shape index (κ3) is 2.99. The van der Waals surface area contributed by atoms with Crippen LogP contribution in [0.1, 0.15) is 41.3 Å². The van der Waals surface area contributed by atoms with Gasteiger partial charge in [-0.1, -0.05) is 6.07 Å². The summed E-state index contributed by atoms with van der Waals surface area (Å²) in [7, 11) is 3.49. The predicted molar refractivity (Wildman–Crippen MR) is 90.1 cm³/mol. The van der Waals surface area contributed by atoms with E-state index in [0.29, 0.717) is 6.54 Å². The molecule has 7 heteroatoms. The Hall–Kier alpha value is -2.41. The minimum atomic E-state index is -0.333. The number of nitro groups is 1. The molecule has 0 amide bonds. The molecule has 0 spiro atoms. The Morgan fingerprint density at radius 3 is 3.00 bits per heavy atom. The number of nitrogens with one attached hydrogen (secondary N) is 1. The van der Waals surface area contributed by atoms with Gasteiger partial charge in [-0.05, 0) is 37.3 Å². The minimum Gasteiger partial charge on any atom is -0.481 e. The maximum absolute atomic E-state index is 11.1. The van der Waals surface area contributed by atoms with Crippen molar-refractivity contribution in [2.24, 2.45) is 7.05 Å².